The summed E-state index contributed by atoms with van der Waals surface area (Å²) in [5, 5.41) is 13.2. The fourth-order valence-corrected chi connectivity index (χ4v) is 2.99. The lowest BCUT2D eigenvalue weighted by atomic mass is 10.0. The molecule has 21 heavy (non-hydrogen) atoms. The molecule has 0 bridgehead atoms. The first-order valence-corrected chi connectivity index (χ1v) is 8.05. The molecule has 0 saturated carbocycles. The molecule has 1 aromatic carbocycles. The highest BCUT2D eigenvalue weighted by Gasteiger charge is 2.17. The maximum atomic E-state index is 13.5. The smallest absolute Gasteiger partial charge is 0.129 e. The van der Waals surface area contributed by atoms with Crippen molar-refractivity contribution in [3.05, 3.63) is 35.6 Å². The van der Waals surface area contributed by atoms with Crippen molar-refractivity contribution in [2.24, 2.45) is 0 Å². The molecule has 118 valence electrons. The maximum absolute atomic E-state index is 13.5. The van der Waals surface area contributed by atoms with Crippen LogP contribution in [-0.2, 0) is 0 Å². The van der Waals surface area contributed by atoms with Crippen LogP contribution in [0.2, 0.25) is 0 Å². The molecule has 4 heteroatoms. The monoisotopic (exact) mass is 294 g/mol. The second-order valence-electron chi connectivity index (χ2n) is 5.98. The molecule has 1 aliphatic heterocycles. The first-order chi connectivity index (χ1) is 10.2. The molecular weight excluding hydrogens is 267 g/mol. The van der Waals surface area contributed by atoms with Gasteiger partial charge in [0.1, 0.15) is 5.82 Å². The molecule has 3 nitrogen and oxygen atoms in total. The quantitative estimate of drug-likeness (QED) is 0.759. The standard InChI is InChI=1S/C17H27FN2O/c1-14-7-4-5-11-20(14)12-6-10-19-13-17(21)15-8-2-3-9-16(15)18/h2-3,8-9,14,17,19,21H,4-7,10-13H2,1H3. The van der Waals surface area contributed by atoms with Crippen LogP contribution in [0.25, 0.3) is 0 Å². The summed E-state index contributed by atoms with van der Waals surface area (Å²) < 4.78 is 13.5. The van der Waals surface area contributed by atoms with Gasteiger partial charge in [-0.2, -0.15) is 0 Å². The Morgan fingerprint density at radius 1 is 1.38 bits per heavy atom. The summed E-state index contributed by atoms with van der Waals surface area (Å²) in [7, 11) is 0. The summed E-state index contributed by atoms with van der Waals surface area (Å²) in [5.74, 6) is -0.339. The molecule has 2 atom stereocenters. The van der Waals surface area contributed by atoms with Gasteiger partial charge in [0, 0.05) is 18.2 Å². The van der Waals surface area contributed by atoms with E-state index >= 15 is 0 Å². The largest absolute Gasteiger partial charge is 0.387 e. The maximum Gasteiger partial charge on any atom is 0.129 e. The number of benzene rings is 1. The molecule has 0 amide bonds. The van der Waals surface area contributed by atoms with Gasteiger partial charge in [-0.1, -0.05) is 24.6 Å². The Morgan fingerprint density at radius 3 is 2.95 bits per heavy atom. The molecule has 2 rings (SSSR count). The van der Waals surface area contributed by atoms with Crippen molar-refractivity contribution in [2.45, 2.75) is 44.8 Å². The number of aliphatic hydroxyl groups excluding tert-OH is 1. The summed E-state index contributed by atoms with van der Waals surface area (Å²) in [6.07, 6.45) is 4.25. The molecule has 0 spiro atoms. The van der Waals surface area contributed by atoms with E-state index in [0.29, 0.717) is 18.2 Å². The fraction of sp³-hybridized carbons (Fsp3) is 0.647. The number of piperidine rings is 1. The predicted octanol–water partition coefficient (Wildman–Crippen LogP) is 2.71. The van der Waals surface area contributed by atoms with E-state index in [-0.39, 0.29) is 5.82 Å². The van der Waals surface area contributed by atoms with Gasteiger partial charge in [-0.15, -0.1) is 0 Å². The van der Waals surface area contributed by atoms with Crippen molar-refractivity contribution >= 4 is 0 Å². The molecule has 0 radical (unpaired) electrons. The van der Waals surface area contributed by atoms with Crippen molar-refractivity contribution in [3.63, 3.8) is 0 Å². The zero-order valence-corrected chi connectivity index (χ0v) is 12.9. The molecule has 2 unspecified atom stereocenters. The minimum absolute atomic E-state index is 0.339. The van der Waals surface area contributed by atoms with Gasteiger partial charge in [-0.25, -0.2) is 4.39 Å². The van der Waals surface area contributed by atoms with Crippen molar-refractivity contribution in [3.8, 4) is 0 Å². The number of nitrogens with one attached hydrogen (secondary N) is 1. The zero-order valence-electron chi connectivity index (χ0n) is 12.9. The number of rotatable bonds is 7. The Kier molecular flexibility index (Phi) is 6.61. The number of aliphatic hydroxyl groups is 1. The minimum Gasteiger partial charge on any atom is -0.387 e. The highest BCUT2D eigenvalue weighted by molar-refractivity contribution is 5.19. The SMILES string of the molecule is CC1CCCCN1CCCNCC(O)c1ccccc1F. The van der Waals surface area contributed by atoms with E-state index in [1.807, 2.05) is 0 Å². The van der Waals surface area contributed by atoms with Crippen LogP contribution in [0.3, 0.4) is 0 Å². The highest BCUT2D eigenvalue weighted by atomic mass is 19.1. The third kappa shape index (κ3) is 5.06. The average Bonchev–Trinajstić information content (AvgIpc) is 2.49. The molecule has 1 fully saturated rings. The van der Waals surface area contributed by atoms with Gasteiger partial charge in [-0.3, -0.25) is 0 Å². The molecule has 1 aromatic rings. The van der Waals surface area contributed by atoms with E-state index in [0.717, 1.165) is 19.5 Å². The van der Waals surface area contributed by atoms with Gasteiger partial charge in [-0.05, 0) is 51.9 Å². The van der Waals surface area contributed by atoms with Gasteiger partial charge < -0.3 is 15.3 Å². The zero-order chi connectivity index (χ0) is 15.1. The van der Waals surface area contributed by atoms with Crippen molar-refractivity contribution in [1.29, 1.82) is 0 Å². The van der Waals surface area contributed by atoms with Crippen LogP contribution in [0.4, 0.5) is 4.39 Å². The first kappa shape index (κ1) is 16.4. The van der Waals surface area contributed by atoms with Crippen LogP contribution in [0, 0.1) is 5.82 Å². The van der Waals surface area contributed by atoms with Crippen LogP contribution in [0.15, 0.2) is 24.3 Å². The van der Waals surface area contributed by atoms with E-state index < -0.39 is 6.10 Å². The van der Waals surface area contributed by atoms with E-state index in [4.69, 9.17) is 0 Å². The first-order valence-electron chi connectivity index (χ1n) is 8.05. The Morgan fingerprint density at radius 2 is 2.19 bits per heavy atom. The second-order valence-corrected chi connectivity index (χ2v) is 5.98. The molecule has 0 aromatic heterocycles. The van der Waals surface area contributed by atoms with Crippen molar-refractivity contribution in [1.82, 2.24) is 10.2 Å². The minimum atomic E-state index is -0.778. The predicted molar refractivity (Wildman–Crippen MR) is 83.7 cm³/mol. The number of halogens is 1. The summed E-state index contributed by atoms with van der Waals surface area (Å²) in [6, 6.07) is 7.11. The summed E-state index contributed by atoms with van der Waals surface area (Å²) in [5.41, 5.74) is 0.370. The third-order valence-electron chi connectivity index (χ3n) is 4.34. The summed E-state index contributed by atoms with van der Waals surface area (Å²) >= 11 is 0. The van der Waals surface area contributed by atoms with E-state index in [2.05, 4.69) is 17.1 Å². The van der Waals surface area contributed by atoms with Gasteiger partial charge >= 0.3 is 0 Å². The Bertz CT molecular complexity index is 427. The van der Waals surface area contributed by atoms with Crippen LogP contribution >= 0.6 is 0 Å². The summed E-state index contributed by atoms with van der Waals surface area (Å²) in [6.45, 7) is 5.86. The Balaban J connectivity index is 1.62. The topological polar surface area (TPSA) is 35.5 Å². The Labute approximate surface area is 127 Å². The van der Waals surface area contributed by atoms with E-state index in [1.165, 1.54) is 31.9 Å². The molecule has 1 aliphatic rings. The second kappa shape index (κ2) is 8.47. The van der Waals surface area contributed by atoms with Crippen molar-refractivity contribution < 1.29 is 9.50 Å². The average molecular weight is 294 g/mol. The number of nitrogens with zero attached hydrogens (tertiary/aromatic N) is 1. The van der Waals surface area contributed by atoms with Gasteiger partial charge in [0.05, 0.1) is 6.10 Å². The molecule has 1 heterocycles. The number of hydrogen-bond acceptors (Lipinski definition) is 3. The fourth-order valence-electron chi connectivity index (χ4n) is 2.99. The lowest BCUT2D eigenvalue weighted by Crippen LogP contribution is -2.39. The van der Waals surface area contributed by atoms with Crippen LogP contribution < -0.4 is 5.32 Å². The summed E-state index contributed by atoms with van der Waals surface area (Å²) in [4.78, 5) is 2.54. The van der Waals surface area contributed by atoms with Gasteiger partial charge in [0.25, 0.3) is 0 Å². The lowest BCUT2D eigenvalue weighted by molar-refractivity contribution is 0.153. The van der Waals surface area contributed by atoms with E-state index in [9.17, 15) is 9.50 Å². The number of likely N-dealkylation sites (tertiary alicyclic amines) is 1. The van der Waals surface area contributed by atoms with Crippen molar-refractivity contribution in [2.75, 3.05) is 26.2 Å². The number of hydrogen-bond donors (Lipinski definition) is 2. The van der Waals surface area contributed by atoms with Crippen LogP contribution in [0.1, 0.15) is 44.3 Å². The van der Waals surface area contributed by atoms with Gasteiger partial charge in [0.2, 0.25) is 0 Å². The third-order valence-corrected chi connectivity index (χ3v) is 4.34. The molecule has 2 N–H and O–H groups in total. The molecule has 1 saturated heterocycles. The van der Waals surface area contributed by atoms with Gasteiger partial charge in [0.15, 0.2) is 0 Å². The van der Waals surface area contributed by atoms with Crippen LogP contribution in [0.5, 0.6) is 0 Å². The normalized spacial score (nSPS) is 21.4. The van der Waals surface area contributed by atoms with E-state index in [1.54, 1.807) is 18.2 Å². The molecule has 0 aliphatic carbocycles. The Hall–Kier alpha value is -0.970. The lowest BCUT2D eigenvalue weighted by Gasteiger charge is -2.33. The molecular formula is C17H27FN2O. The van der Waals surface area contributed by atoms with Crippen LogP contribution in [-0.4, -0.2) is 42.2 Å². The highest BCUT2D eigenvalue weighted by Crippen LogP contribution is 2.17.